The minimum atomic E-state index is -0.0624. The van der Waals surface area contributed by atoms with Crippen molar-refractivity contribution in [3.63, 3.8) is 0 Å². The Hall–Kier alpha value is -2.15. The molecule has 136 valence electrons. The van der Waals surface area contributed by atoms with Gasteiger partial charge in [-0.1, -0.05) is 23.7 Å². The van der Waals surface area contributed by atoms with E-state index < -0.39 is 0 Å². The molecule has 2 aliphatic heterocycles. The van der Waals surface area contributed by atoms with Gasteiger partial charge in [0.2, 0.25) is 6.79 Å². The van der Waals surface area contributed by atoms with Gasteiger partial charge < -0.3 is 14.8 Å². The van der Waals surface area contributed by atoms with Gasteiger partial charge in [0.25, 0.3) is 5.91 Å². The number of fused-ring (bicyclic) bond motifs is 4. The fourth-order valence-electron chi connectivity index (χ4n) is 3.15. The van der Waals surface area contributed by atoms with Gasteiger partial charge in [-0.05, 0) is 41.5 Å². The third-order valence-corrected chi connectivity index (χ3v) is 7.04. The smallest absolute Gasteiger partial charge is 0.261 e. The normalized spacial score (nSPS) is 13.8. The van der Waals surface area contributed by atoms with Gasteiger partial charge in [-0.3, -0.25) is 4.79 Å². The van der Waals surface area contributed by atoms with Crippen LogP contribution in [0.4, 0.5) is 0 Å². The number of carbonyl (C=O) groups is 1. The van der Waals surface area contributed by atoms with E-state index in [1.54, 1.807) is 11.8 Å². The second-order valence-electron chi connectivity index (χ2n) is 6.26. The minimum absolute atomic E-state index is 0.0624. The Morgan fingerprint density at radius 3 is 2.93 bits per heavy atom. The van der Waals surface area contributed by atoms with Crippen molar-refractivity contribution in [3.8, 4) is 21.9 Å². The van der Waals surface area contributed by atoms with E-state index in [1.807, 2.05) is 42.5 Å². The van der Waals surface area contributed by atoms with Crippen molar-refractivity contribution in [1.82, 2.24) is 5.32 Å². The minimum Gasteiger partial charge on any atom is -0.454 e. The number of benzene rings is 2. The zero-order valence-electron chi connectivity index (χ0n) is 14.1. The molecule has 0 saturated carbocycles. The zero-order valence-corrected chi connectivity index (χ0v) is 16.5. The molecule has 0 atom stereocenters. The van der Waals surface area contributed by atoms with Crippen LogP contribution in [-0.2, 0) is 12.3 Å². The van der Waals surface area contributed by atoms with Crippen molar-refractivity contribution in [2.24, 2.45) is 0 Å². The van der Waals surface area contributed by atoms with Crippen LogP contribution in [0.25, 0.3) is 10.4 Å². The molecule has 0 unspecified atom stereocenters. The Labute approximate surface area is 169 Å². The largest absolute Gasteiger partial charge is 0.454 e. The molecule has 0 bridgehead atoms. The fourth-order valence-corrected chi connectivity index (χ4v) is 5.76. The predicted octanol–water partition coefficient (Wildman–Crippen LogP) is 5.33. The average Bonchev–Trinajstić information content (AvgIpc) is 3.32. The molecule has 7 heteroatoms. The van der Waals surface area contributed by atoms with E-state index in [0.29, 0.717) is 6.54 Å². The molecule has 5 rings (SSSR count). The first kappa shape index (κ1) is 17.0. The molecular formula is C20H14ClNO3S2. The Bertz CT molecular complexity index is 1060. The number of hydrogen-bond donors (Lipinski definition) is 1. The van der Waals surface area contributed by atoms with Crippen LogP contribution in [0, 0.1) is 0 Å². The molecule has 27 heavy (non-hydrogen) atoms. The molecule has 0 saturated heterocycles. The number of halogens is 1. The molecular weight excluding hydrogens is 402 g/mol. The van der Waals surface area contributed by atoms with E-state index in [0.717, 1.165) is 43.2 Å². The van der Waals surface area contributed by atoms with Crippen molar-refractivity contribution in [1.29, 1.82) is 0 Å². The number of carbonyl (C=O) groups excluding carboxylic acids is 1. The van der Waals surface area contributed by atoms with Gasteiger partial charge in [-0.15, -0.1) is 23.1 Å². The fraction of sp³-hybridized carbons (Fsp3) is 0.150. The SMILES string of the molecule is O=C(NCc1ccc2c(c1)OCO2)c1cc2c(s1)-c1ccc(Cl)cc1SC2. The number of rotatable bonds is 3. The van der Waals surface area contributed by atoms with Crippen molar-refractivity contribution in [2.75, 3.05) is 6.79 Å². The maximum atomic E-state index is 12.7. The van der Waals surface area contributed by atoms with Crippen LogP contribution < -0.4 is 14.8 Å². The van der Waals surface area contributed by atoms with Crippen molar-refractivity contribution in [2.45, 2.75) is 17.2 Å². The second-order valence-corrected chi connectivity index (χ2v) is 8.77. The van der Waals surface area contributed by atoms with Crippen LogP contribution >= 0.6 is 34.7 Å². The molecule has 0 radical (unpaired) electrons. The quantitative estimate of drug-likeness (QED) is 0.627. The van der Waals surface area contributed by atoms with Crippen LogP contribution in [-0.4, -0.2) is 12.7 Å². The third kappa shape index (κ3) is 3.18. The van der Waals surface area contributed by atoms with E-state index in [-0.39, 0.29) is 12.7 Å². The lowest BCUT2D eigenvalue weighted by Crippen LogP contribution is -2.21. The van der Waals surface area contributed by atoms with Gasteiger partial charge in [0.15, 0.2) is 11.5 Å². The van der Waals surface area contributed by atoms with E-state index in [9.17, 15) is 4.79 Å². The summed E-state index contributed by atoms with van der Waals surface area (Å²) in [5.41, 5.74) is 3.34. The van der Waals surface area contributed by atoms with Crippen molar-refractivity contribution >= 4 is 40.6 Å². The van der Waals surface area contributed by atoms with Crippen molar-refractivity contribution in [3.05, 3.63) is 63.5 Å². The zero-order chi connectivity index (χ0) is 18.4. The molecule has 1 N–H and O–H groups in total. The highest BCUT2D eigenvalue weighted by atomic mass is 35.5. The van der Waals surface area contributed by atoms with Gasteiger partial charge in [0.1, 0.15) is 0 Å². The summed E-state index contributed by atoms with van der Waals surface area (Å²) < 4.78 is 10.7. The van der Waals surface area contributed by atoms with E-state index in [4.69, 9.17) is 21.1 Å². The van der Waals surface area contributed by atoms with Gasteiger partial charge in [-0.2, -0.15) is 0 Å². The molecule has 2 aromatic carbocycles. The molecule has 3 heterocycles. The summed E-state index contributed by atoms with van der Waals surface area (Å²) in [5.74, 6) is 2.26. The van der Waals surface area contributed by atoms with Crippen LogP contribution in [0.1, 0.15) is 20.8 Å². The number of nitrogens with one attached hydrogen (secondary N) is 1. The van der Waals surface area contributed by atoms with Gasteiger partial charge in [0, 0.05) is 32.7 Å². The first-order valence-electron chi connectivity index (χ1n) is 8.39. The first-order valence-corrected chi connectivity index (χ1v) is 10.6. The molecule has 0 aliphatic carbocycles. The number of ether oxygens (including phenoxy) is 2. The average molecular weight is 416 g/mol. The maximum absolute atomic E-state index is 12.7. The van der Waals surface area contributed by atoms with Crippen LogP contribution in [0.3, 0.4) is 0 Å². The highest BCUT2D eigenvalue weighted by Crippen LogP contribution is 2.46. The molecule has 1 amide bonds. The molecule has 0 fully saturated rings. The molecule has 2 aliphatic rings. The maximum Gasteiger partial charge on any atom is 0.261 e. The van der Waals surface area contributed by atoms with Crippen LogP contribution in [0.15, 0.2) is 47.4 Å². The Kier molecular flexibility index (Phi) is 4.27. The van der Waals surface area contributed by atoms with Crippen LogP contribution in [0.2, 0.25) is 5.02 Å². The lowest BCUT2D eigenvalue weighted by atomic mass is 10.1. The standard InChI is InChI=1S/C20H14ClNO3S2/c21-13-2-3-14-17(7-13)26-9-12-6-18(27-19(12)14)20(23)22-8-11-1-4-15-16(5-11)25-10-24-15/h1-7H,8-10H2,(H,22,23). The first-order chi connectivity index (χ1) is 13.2. The monoisotopic (exact) mass is 415 g/mol. The molecule has 4 nitrogen and oxygen atoms in total. The second kappa shape index (κ2) is 6.78. The van der Waals surface area contributed by atoms with Gasteiger partial charge in [0.05, 0.1) is 4.88 Å². The van der Waals surface area contributed by atoms with Crippen molar-refractivity contribution < 1.29 is 14.3 Å². The van der Waals surface area contributed by atoms with E-state index in [2.05, 4.69) is 5.32 Å². The lowest BCUT2D eigenvalue weighted by molar-refractivity contribution is 0.0955. The summed E-state index contributed by atoms with van der Waals surface area (Å²) in [7, 11) is 0. The highest BCUT2D eigenvalue weighted by Gasteiger charge is 2.22. The predicted molar refractivity (Wildman–Crippen MR) is 108 cm³/mol. The molecule has 0 spiro atoms. The number of amides is 1. The van der Waals surface area contributed by atoms with E-state index >= 15 is 0 Å². The van der Waals surface area contributed by atoms with Gasteiger partial charge in [-0.25, -0.2) is 0 Å². The summed E-state index contributed by atoms with van der Waals surface area (Å²) >= 11 is 9.39. The number of thioether (sulfide) groups is 1. The summed E-state index contributed by atoms with van der Waals surface area (Å²) in [6.07, 6.45) is 0. The lowest BCUT2D eigenvalue weighted by Gasteiger charge is -2.15. The third-order valence-electron chi connectivity index (χ3n) is 4.49. The molecule has 1 aromatic heterocycles. The summed E-state index contributed by atoms with van der Waals surface area (Å²) in [5, 5.41) is 3.73. The summed E-state index contributed by atoms with van der Waals surface area (Å²) in [4.78, 5) is 15.7. The Morgan fingerprint density at radius 1 is 1.11 bits per heavy atom. The number of hydrogen-bond acceptors (Lipinski definition) is 5. The molecule has 3 aromatic rings. The Morgan fingerprint density at radius 2 is 2.00 bits per heavy atom. The van der Waals surface area contributed by atoms with E-state index in [1.165, 1.54) is 21.8 Å². The Balaban J connectivity index is 1.34. The topological polar surface area (TPSA) is 47.6 Å². The van der Waals surface area contributed by atoms with Gasteiger partial charge >= 0.3 is 0 Å². The summed E-state index contributed by atoms with van der Waals surface area (Å²) in [6, 6.07) is 13.6. The number of thiophene rings is 1. The van der Waals surface area contributed by atoms with Crippen LogP contribution in [0.5, 0.6) is 11.5 Å². The summed E-state index contributed by atoms with van der Waals surface area (Å²) in [6.45, 7) is 0.690. The highest BCUT2D eigenvalue weighted by molar-refractivity contribution is 7.98.